The van der Waals surface area contributed by atoms with Gasteiger partial charge in [0.15, 0.2) is 11.6 Å². The fraction of sp³-hybridized carbons (Fsp3) is 0. The van der Waals surface area contributed by atoms with Gasteiger partial charge >= 0.3 is 0 Å². The van der Waals surface area contributed by atoms with Gasteiger partial charge in [-0.1, -0.05) is 5.16 Å². The van der Waals surface area contributed by atoms with E-state index in [1.165, 1.54) is 24.4 Å². The Morgan fingerprint density at radius 2 is 2.00 bits per heavy atom. The van der Waals surface area contributed by atoms with Crippen molar-refractivity contribution in [2.75, 3.05) is 5.73 Å². The number of hydrogen-bond donors (Lipinski definition) is 2. The number of aromatic amines is 1. The van der Waals surface area contributed by atoms with E-state index in [1.807, 2.05) is 0 Å². The molecule has 1 aromatic carbocycles. The number of benzene rings is 1. The summed E-state index contributed by atoms with van der Waals surface area (Å²) in [7, 11) is 0. The second-order valence-corrected chi connectivity index (χ2v) is 4.34. The average molecular weight is 289 g/mol. The normalized spacial score (nSPS) is 10.8. The molecule has 0 atom stereocenters. The molecule has 0 bridgehead atoms. The van der Waals surface area contributed by atoms with Gasteiger partial charge in [0.2, 0.25) is 5.56 Å². The molecule has 3 N–H and O–H groups in total. The Labute approximate surface area is 117 Å². The maximum Gasteiger partial charge on any atom is 0.247 e. The predicted octanol–water partition coefficient (Wildman–Crippen LogP) is 2.56. The molecule has 0 aliphatic carbocycles. The molecular weight excluding hydrogens is 280 g/mol. The fourth-order valence-corrected chi connectivity index (χ4v) is 2.00. The van der Waals surface area contributed by atoms with E-state index in [0.29, 0.717) is 5.56 Å². The largest absolute Gasteiger partial charge is 0.380 e. The van der Waals surface area contributed by atoms with Gasteiger partial charge in [-0.3, -0.25) is 4.79 Å². The summed E-state index contributed by atoms with van der Waals surface area (Å²) in [4.78, 5) is 13.5. The lowest BCUT2D eigenvalue weighted by Crippen LogP contribution is -2.01. The van der Waals surface area contributed by atoms with Crippen LogP contribution in [0.4, 0.5) is 14.6 Å². The van der Waals surface area contributed by atoms with Gasteiger partial charge in [-0.15, -0.1) is 0 Å². The number of H-pyrrole nitrogens is 1. The summed E-state index contributed by atoms with van der Waals surface area (Å²) in [6.07, 6.45) is 1.40. The van der Waals surface area contributed by atoms with Crippen molar-refractivity contribution in [2.45, 2.75) is 0 Å². The summed E-state index contributed by atoms with van der Waals surface area (Å²) in [5, 5.41) is 3.61. The van der Waals surface area contributed by atoms with Crippen LogP contribution >= 0.6 is 0 Å². The Morgan fingerprint density at radius 3 is 2.67 bits per heavy atom. The van der Waals surface area contributed by atoms with Gasteiger partial charge in [0.25, 0.3) is 0 Å². The minimum absolute atomic E-state index is 0.0262. The number of anilines is 1. The second-order valence-electron chi connectivity index (χ2n) is 4.34. The van der Waals surface area contributed by atoms with Crippen LogP contribution in [0.2, 0.25) is 0 Å². The van der Waals surface area contributed by atoms with E-state index in [4.69, 9.17) is 10.3 Å². The number of hydrogen-bond acceptors (Lipinski definition) is 4. The van der Waals surface area contributed by atoms with Gasteiger partial charge in [-0.25, -0.2) is 8.78 Å². The van der Waals surface area contributed by atoms with Crippen LogP contribution in [0.25, 0.3) is 22.5 Å². The van der Waals surface area contributed by atoms with Crippen LogP contribution in [-0.2, 0) is 0 Å². The molecule has 21 heavy (non-hydrogen) atoms. The topological polar surface area (TPSA) is 84.9 Å². The van der Waals surface area contributed by atoms with Gasteiger partial charge in [-0.05, 0) is 18.2 Å². The van der Waals surface area contributed by atoms with Crippen molar-refractivity contribution in [3.8, 4) is 22.5 Å². The predicted molar refractivity (Wildman–Crippen MR) is 72.3 cm³/mol. The summed E-state index contributed by atoms with van der Waals surface area (Å²) >= 11 is 0. The molecule has 7 heteroatoms. The van der Waals surface area contributed by atoms with Crippen LogP contribution in [0.15, 0.2) is 45.8 Å². The number of nitrogens with zero attached hydrogens (tertiary/aromatic N) is 1. The zero-order chi connectivity index (χ0) is 15.0. The van der Waals surface area contributed by atoms with Crippen LogP contribution in [0.1, 0.15) is 0 Å². The summed E-state index contributed by atoms with van der Waals surface area (Å²) in [5.41, 5.74) is 6.16. The maximum absolute atomic E-state index is 13.9. The molecule has 3 aromatic rings. The van der Waals surface area contributed by atoms with Crippen LogP contribution in [0.5, 0.6) is 0 Å². The number of nitrogens with two attached hydrogens (primary N) is 1. The van der Waals surface area contributed by atoms with Crippen molar-refractivity contribution in [1.82, 2.24) is 10.1 Å². The van der Waals surface area contributed by atoms with E-state index >= 15 is 0 Å². The van der Waals surface area contributed by atoms with E-state index in [-0.39, 0.29) is 28.3 Å². The van der Waals surface area contributed by atoms with Crippen molar-refractivity contribution in [3.63, 3.8) is 0 Å². The lowest BCUT2D eigenvalue weighted by Gasteiger charge is -2.04. The Bertz CT molecular complexity index is 850. The SMILES string of the molecule is Nc1noc(-c2ccc(=O)[nH]c2)c1-c1ccc(F)cc1F. The first-order chi connectivity index (χ1) is 10.1. The van der Waals surface area contributed by atoms with E-state index < -0.39 is 11.6 Å². The van der Waals surface area contributed by atoms with Crippen molar-refractivity contribution in [2.24, 2.45) is 0 Å². The third-order valence-corrected chi connectivity index (χ3v) is 2.97. The van der Waals surface area contributed by atoms with Gasteiger partial charge in [0.1, 0.15) is 11.6 Å². The Balaban J connectivity index is 2.21. The first-order valence-electron chi connectivity index (χ1n) is 5.96. The summed E-state index contributed by atoms with van der Waals surface area (Å²) < 4.78 is 32.0. The molecular formula is C14H9F2N3O2. The van der Waals surface area contributed by atoms with E-state index in [9.17, 15) is 13.6 Å². The van der Waals surface area contributed by atoms with Crippen molar-refractivity contribution >= 4 is 5.82 Å². The molecule has 0 unspecified atom stereocenters. The van der Waals surface area contributed by atoms with Crippen LogP contribution < -0.4 is 11.3 Å². The number of aromatic nitrogens is 2. The Morgan fingerprint density at radius 1 is 1.19 bits per heavy atom. The average Bonchev–Trinajstić information content (AvgIpc) is 2.82. The van der Waals surface area contributed by atoms with Crippen molar-refractivity contribution in [1.29, 1.82) is 0 Å². The summed E-state index contributed by atoms with van der Waals surface area (Å²) in [6.45, 7) is 0. The molecule has 0 aliphatic heterocycles. The molecule has 0 spiro atoms. The smallest absolute Gasteiger partial charge is 0.247 e. The summed E-state index contributed by atoms with van der Waals surface area (Å²) in [6, 6.07) is 5.89. The van der Waals surface area contributed by atoms with Crippen LogP contribution in [0, 0.1) is 11.6 Å². The third-order valence-electron chi connectivity index (χ3n) is 2.97. The van der Waals surface area contributed by atoms with Gasteiger partial charge in [0.05, 0.1) is 5.56 Å². The Kier molecular flexibility index (Phi) is 3.02. The van der Waals surface area contributed by atoms with Gasteiger partial charge in [0, 0.05) is 29.5 Å². The second kappa shape index (κ2) is 4.86. The highest BCUT2D eigenvalue weighted by atomic mass is 19.1. The molecule has 0 saturated heterocycles. The first-order valence-corrected chi connectivity index (χ1v) is 5.96. The van der Waals surface area contributed by atoms with E-state index in [2.05, 4.69) is 10.1 Å². The molecule has 0 amide bonds. The standard InChI is InChI=1S/C14H9F2N3O2/c15-8-2-3-9(10(16)5-8)12-13(21-19-14(12)17)7-1-4-11(20)18-6-7/h1-6H,(H2,17,19)(H,18,20). The first kappa shape index (κ1) is 13.0. The summed E-state index contributed by atoms with van der Waals surface area (Å²) in [5.74, 6) is -1.32. The lowest BCUT2D eigenvalue weighted by molar-refractivity contribution is 0.436. The molecule has 0 saturated carbocycles. The van der Waals surface area contributed by atoms with Crippen molar-refractivity contribution in [3.05, 3.63) is 58.5 Å². The number of rotatable bonds is 2. The monoisotopic (exact) mass is 289 g/mol. The molecule has 106 valence electrons. The molecule has 0 aliphatic rings. The molecule has 5 nitrogen and oxygen atoms in total. The Hall–Kier alpha value is -2.96. The van der Waals surface area contributed by atoms with Gasteiger partial charge in [-0.2, -0.15) is 0 Å². The number of nitrogens with one attached hydrogen (secondary N) is 1. The highest BCUT2D eigenvalue weighted by Gasteiger charge is 2.20. The fourth-order valence-electron chi connectivity index (χ4n) is 2.00. The third kappa shape index (κ3) is 2.29. The maximum atomic E-state index is 13.9. The molecule has 0 radical (unpaired) electrons. The lowest BCUT2D eigenvalue weighted by atomic mass is 10.0. The molecule has 2 aromatic heterocycles. The minimum Gasteiger partial charge on any atom is -0.380 e. The number of pyridine rings is 1. The number of halogens is 2. The van der Waals surface area contributed by atoms with E-state index in [1.54, 1.807) is 0 Å². The highest BCUT2D eigenvalue weighted by molar-refractivity contribution is 5.86. The van der Waals surface area contributed by atoms with Crippen molar-refractivity contribution < 1.29 is 13.3 Å². The van der Waals surface area contributed by atoms with E-state index in [0.717, 1.165) is 12.1 Å². The molecule has 3 rings (SSSR count). The van der Waals surface area contributed by atoms with Crippen LogP contribution in [0.3, 0.4) is 0 Å². The molecule has 2 heterocycles. The quantitative estimate of drug-likeness (QED) is 0.759. The number of nitrogen functional groups attached to an aromatic ring is 1. The molecule has 0 fully saturated rings. The minimum atomic E-state index is -0.782. The zero-order valence-electron chi connectivity index (χ0n) is 10.6. The van der Waals surface area contributed by atoms with Crippen LogP contribution in [-0.4, -0.2) is 10.1 Å². The van der Waals surface area contributed by atoms with Gasteiger partial charge < -0.3 is 15.2 Å². The zero-order valence-corrected chi connectivity index (χ0v) is 10.6. The highest BCUT2D eigenvalue weighted by Crippen LogP contribution is 2.37.